The zero-order valence-corrected chi connectivity index (χ0v) is 21.8. The van der Waals surface area contributed by atoms with E-state index in [1.165, 1.54) is 114 Å². The summed E-state index contributed by atoms with van der Waals surface area (Å²) < 4.78 is 0. The average Bonchev–Trinajstić information content (AvgIpc) is 2.73. The molecule has 0 N–H and O–H groups in total. The first-order valence-electron chi connectivity index (χ1n) is 12.4. The molecule has 0 fully saturated rings. The maximum absolute atomic E-state index is 2.43. The van der Waals surface area contributed by atoms with Gasteiger partial charge in [0, 0.05) is 0 Å². The first-order valence-corrected chi connectivity index (χ1v) is 12.4. The van der Waals surface area contributed by atoms with Gasteiger partial charge in [0.05, 0.1) is 0 Å². The summed E-state index contributed by atoms with van der Waals surface area (Å²) in [5.74, 6) is 0. The van der Waals surface area contributed by atoms with E-state index in [9.17, 15) is 0 Å². The molecule has 0 saturated carbocycles. The Morgan fingerprint density at radius 2 is 1.07 bits per heavy atom. The van der Waals surface area contributed by atoms with Crippen molar-refractivity contribution in [2.45, 2.75) is 117 Å². The Balaban J connectivity index is 0.00000420. The summed E-state index contributed by atoms with van der Waals surface area (Å²) in [5, 5.41) is 2.93. The molecule has 0 aliphatic heterocycles. The predicted octanol–water partition coefficient (Wildman–Crippen LogP) is 6.54. The number of unbranched alkanes of at least 4 members (excludes halogenated alkanes) is 12. The van der Waals surface area contributed by atoms with Gasteiger partial charge in [-0.2, -0.15) is 0 Å². The standard InChI is InChI=1S/C28H44.Na.H/c1-3-5-7-9-11-13-15-19-25-23-24-26-20-17-18-22-28(26)27(25)21-16-14-12-10-8-6-4-2;;/h17-18,20,22-24H,3-16,19,21H2,1-2H3;;/q;+1;-1. The van der Waals surface area contributed by atoms with Gasteiger partial charge in [-0.25, -0.2) is 0 Å². The van der Waals surface area contributed by atoms with E-state index in [0.29, 0.717) is 0 Å². The Morgan fingerprint density at radius 1 is 0.552 bits per heavy atom. The first-order chi connectivity index (χ1) is 13.9. The number of hydrogen-bond acceptors (Lipinski definition) is 0. The van der Waals surface area contributed by atoms with E-state index in [2.05, 4.69) is 50.2 Å². The van der Waals surface area contributed by atoms with Crippen molar-refractivity contribution in [1.29, 1.82) is 0 Å². The van der Waals surface area contributed by atoms with Gasteiger partial charge in [-0.1, -0.05) is 127 Å². The van der Waals surface area contributed by atoms with Gasteiger partial charge in [-0.3, -0.25) is 0 Å². The third-order valence-electron chi connectivity index (χ3n) is 6.22. The maximum atomic E-state index is 2.43. The van der Waals surface area contributed by atoms with Crippen LogP contribution in [0, 0.1) is 0 Å². The van der Waals surface area contributed by atoms with E-state index < -0.39 is 0 Å². The molecule has 0 aromatic heterocycles. The van der Waals surface area contributed by atoms with E-state index >= 15 is 0 Å². The second-order valence-corrected chi connectivity index (χ2v) is 8.67. The van der Waals surface area contributed by atoms with E-state index in [0.717, 1.165) is 0 Å². The Morgan fingerprint density at radius 3 is 1.69 bits per heavy atom. The molecule has 0 spiro atoms. The summed E-state index contributed by atoms with van der Waals surface area (Å²) in [6, 6.07) is 13.8. The van der Waals surface area contributed by atoms with E-state index in [4.69, 9.17) is 0 Å². The van der Waals surface area contributed by atoms with Gasteiger partial charge >= 0.3 is 29.6 Å². The number of hydrogen-bond donors (Lipinski definition) is 0. The van der Waals surface area contributed by atoms with Crippen molar-refractivity contribution in [2.75, 3.05) is 0 Å². The number of benzene rings is 2. The molecule has 0 amide bonds. The summed E-state index contributed by atoms with van der Waals surface area (Å²) in [7, 11) is 0. The van der Waals surface area contributed by atoms with E-state index in [1.807, 2.05) is 0 Å². The monoisotopic (exact) mass is 404 g/mol. The first kappa shape index (κ1) is 26.7. The minimum absolute atomic E-state index is 0. The predicted molar refractivity (Wildman–Crippen MR) is 128 cm³/mol. The molecule has 29 heavy (non-hydrogen) atoms. The topological polar surface area (TPSA) is 0 Å². The van der Waals surface area contributed by atoms with Crippen molar-refractivity contribution in [1.82, 2.24) is 0 Å². The van der Waals surface area contributed by atoms with Crippen LogP contribution in [0.2, 0.25) is 0 Å². The molecule has 0 aliphatic carbocycles. The minimum atomic E-state index is 0. The van der Waals surface area contributed by atoms with Crippen LogP contribution in [0.3, 0.4) is 0 Å². The van der Waals surface area contributed by atoms with Crippen molar-refractivity contribution < 1.29 is 31.0 Å². The van der Waals surface area contributed by atoms with Crippen LogP contribution in [0.25, 0.3) is 10.8 Å². The summed E-state index contributed by atoms with van der Waals surface area (Å²) in [4.78, 5) is 0. The van der Waals surface area contributed by atoms with Crippen molar-refractivity contribution >= 4 is 10.8 Å². The van der Waals surface area contributed by atoms with Crippen molar-refractivity contribution in [3.63, 3.8) is 0 Å². The fraction of sp³-hybridized carbons (Fsp3) is 0.643. The number of aryl methyl sites for hydroxylation is 2. The van der Waals surface area contributed by atoms with Gasteiger partial charge < -0.3 is 1.43 Å². The molecule has 2 aromatic carbocycles. The van der Waals surface area contributed by atoms with Gasteiger partial charge in [0.15, 0.2) is 0 Å². The summed E-state index contributed by atoms with van der Waals surface area (Å²) in [6.07, 6.45) is 22.1. The van der Waals surface area contributed by atoms with Crippen molar-refractivity contribution in [3.8, 4) is 0 Å². The van der Waals surface area contributed by atoms with Crippen LogP contribution in [0.1, 0.15) is 116 Å². The van der Waals surface area contributed by atoms with Crippen LogP contribution in [-0.4, -0.2) is 0 Å². The van der Waals surface area contributed by atoms with Gasteiger partial charge in [0.25, 0.3) is 0 Å². The summed E-state index contributed by atoms with van der Waals surface area (Å²) >= 11 is 0. The number of fused-ring (bicyclic) bond motifs is 1. The molecule has 0 radical (unpaired) electrons. The molecule has 0 atom stereocenters. The van der Waals surface area contributed by atoms with Crippen LogP contribution in [0.15, 0.2) is 36.4 Å². The zero-order chi connectivity index (χ0) is 19.9. The second-order valence-electron chi connectivity index (χ2n) is 8.67. The molecular weight excluding hydrogens is 359 g/mol. The average molecular weight is 405 g/mol. The zero-order valence-electron chi connectivity index (χ0n) is 20.8. The second kappa shape index (κ2) is 17.4. The Bertz CT molecular complexity index is 652. The Labute approximate surface area is 205 Å². The van der Waals surface area contributed by atoms with Crippen molar-refractivity contribution in [2.24, 2.45) is 0 Å². The SMILES string of the molecule is CCCCCCCCCc1ccc2ccccc2c1CCCCCCCCC.[H-].[Na+]. The van der Waals surface area contributed by atoms with Crippen LogP contribution < -0.4 is 29.6 Å². The van der Waals surface area contributed by atoms with E-state index in [1.54, 1.807) is 11.1 Å². The third kappa shape index (κ3) is 10.5. The van der Waals surface area contributed by atoms with Crippen LogP contribution in [0.5, 0.6) is 0 Å². The van der Waals surface area contributed by atoms with Crippen molar-refractivity contribution in [3.05, 3.63) is 47.5 Å². The summed E-state index contributed by atoms with van der Waals surface area (Å²) in [6.45, 7) is 4.60. The molecule has 0 heterocycles. The quantitative estimate of drug-likeness (QED) is 0.220. The Kier molecular flexibility index (Phi) is 16.0. The molecule has 1 heteroatoms. The van der Waals surface area contributed by atoms with Gasteiger partial charge in [0.1, 0.15) is 0 Å². The molecule has 0 unspecified atom stereocenters. The number of rotatable bonds is 16. The third-order valence-corrected chi connectivity index (χ3v) is 6.22. The molecule has 0 saturated heterocycles. The van der Waals surface area contributed by atoms with Crippen LogP contribution in [0.4, 0.5) is 0 Å². The molecule has 2 aromatic rings. The van der Waals surface area contributed by atoms with Gasteiger partial charge in [-0.15, -0.1) is 0 Å². The molecule has 0 nitrogen and oxygen atoms in total. The molecule has 158 valence electrons. The Hall–Kier alpha value is -0.300. The van der Waals surface area contributed by atoms with Crippen LogP contribution >= 0.6 is 0 Å². The van der Waals surface area contributed by atoms with Crippen LogP contribution in [-0.2, 0) is 12.8 Å². The van der Waals surface area contributed by atoms with Gasteiger partial charge in [-0.05, 0) is 47.6 Å². The fourth-order valence-corrected chi connectivity index (χ4v) is 4.44. The minimum Gasteiger partial charge on any atom is -1.00 e. The smallest absolute Gasteiger partial charge is 1.00 e. The molecule has 0 aliphatic rings. The molecule has 2 rings (SSSR count). The maximum Gasteiger partial charge on any atom is 1.00 e. The van der Waals surface area contributed by atoms with Gasteiger partial charge in [0.2, 0.25) is 0 Å². The normalized spacial score (nSPS) is 11.0. The molecular formula is C28H45Na. The largest absolute Gasteiger partial charge is 1.00 e. The van der Waals surface area contributed by atoms with E-state index in [-0.39, 0.29) is 31.0 Å². The fourth-order valence-electron chi connectivity index (χ4n) is 4.44. The molecule has 0 bridgehead atoms. The summed E-state index contributed by atoms with van der Waals surface area (Å²) in [5.41, 5.74) is 3.27.